The fourth-order valence-electron chi connectivity index (χ4n) is 3.52. The Hall–Kier alpha value is -2.67. The van der Waals surface area contributed by atoms with Crippen LogP contribution in [0.25, 0.3) is 5.69 Å². The van der Waals surface area contributed by atoms with Gasteiger partial charge < -0.3 is 4.90 Å². The molecule has 0 radical (unpaired) electrons. The summed E-state index contributed by atoms with van der Waals surface area (Å²) >= 11 is 1.40. The first-order valence-electron chi connectivity index (χ1n) is 9.81. The van der Waals surface area contributed by atoms with Gasteiger partial charge in [-0.3, -0.25) is 9.36 Å². The topological polar surface area (TPSA) is 51.0 Å². The van der Waals surface area contributed by atoms with E-state index in [1.165, 1.54) is 23.9 Å². The van der Waals surface area contributed by atoms with Gasteiger partial charge in [-0.05, 0) is 49.6 Å². The minimum absolute atomic E-state index is 0.130. The SMILES string of the molecule is C[C@@H](Sc1nnc(Cc2ccccc2)n1-c1ccc(F)cc1)C(=O)N1CCCC1. The van der Waals surface area contributed by atoms with Crippen LogP contribution in [-0.2, 0) is 11.2 Å². The van der Waals surface area contributed by atoms with E-state index in [1.54, 1.807) is 12.1 Å². The van der Waals surface area contributed by atoms with E-state index >= 15 is 0 Å². The number of carbonyl (C=O) groups excluding carboxylic acids is 1. The van der Waals surface area contributed by atoms with Gasteiger partial charge in [0, 0.05) is 25.2 Å². The number of benzene rings is 2. The normalized spacial score (nSPS) is 14.9. The second-order valence-electron chi connectivity index (χ2n) is 7.17. The fourth-order valence-corrected chi connectivity index (χ4v) is 4.49. The van der Waals surface area contributed by atoms with E-state index < -0.39 is 0 Å². The smallest absolute Gasteiger partial charge is 0.235 e. The summed E-state index contributed by atoms with van der Waals surface area (Å²) < 4.78 is 15.4. The second-order valence-corrected chi connectivity index (χ2v) is 8.47. The molecule has 2 aromatic carbocycles. The van der Waals surface area contributed by atoms with Crippen molar-refractivity contribution in [1.82, 2.24) is 19.7 Å². The van der Waals surface area contributed by atoms with Gasteiger partial charge in [-0.2, -0.15) is 0 Å². The first-order valence-corrected chi connectivity index (χ1v) is 10.7. The molecule has 0 spiro atoms. The summed E-state index contributed by atoms with van der Waals surface area (Å²) in [6, 6.07) is 16.3. The molecule has 1 amide bonds. The van der Waals surface area contributed by atoms with Gasteiger partial charge >= 0.3 is 0 Å². The van der Waals surface area contributed by atoms with Crippen LogP contribution in [-0.4, -0.2) is 43.9 Å². The Bertz CT molecular complexity index is 968. The Morgan fingerprint density at radius 1 is 1.07 bits per heavy atom. The van der Waals surface area contributed by atoms with Crippen LogP contribution in [0, 0.1) is 5.82 Å². The molecule has 1 aliphatic rings. The first-order chi connectivity index (χ1) is 14.1. The zero-order chi connectivity index (χ0) is 20.2. The zero-order valence-electron chi connectivity index (χ0n) is 16.3. The van der Waals surface area contributed by atoms with Gasteiger partial charge in [0.05, 0.1) is 5.25 Å². The maximum absolute atomic E-state index is 13.5. The van der Waals surface area contributed by atoms with E-state index in [4.69, 9.17) is 0 Å². The van der Waals surface area contributed by atoms with Crippen molar-refractivity contribution in [1.29, 1.82) is 0 Å². The number of likely N-dealkylation sites (tertiary alicyclic amines) is 1. The minimum Gasteiger partial charge on any atom is -0.342 e. The fraction of sp³-hybridized carbons (Fsp3) is 0.318. The molecule has 5 nitrogen and oxygen atoms in total. The van der Waals surface area contributed by atoms with Crippen molar-refractivity contribution in [2.24, 2.45) is 0 Å². The lowest BCUT2D eigenvalue weighted by atomic mass is 10.1. The molecule has 150 valence electrons. The van der Waals surface area contributed by atoms with Crippen LogP contribution in [0.2, 0.25) is 0 Å². The summed E-state index contributed by atoms with van der Waals surface area (Å²) in [7, 11) is 0. The molecule has 4 rings (SSSR count). The molecule has 1 atom stereocenters. The molecule has 0 N–H and O–H groups in total. The molecular weight excluding hydrogens is 387 g/mol. The molecule has 0 bridgehead atoms. The van der Waals surface area contributed by atoms with E-state index in [1.807, 2.05) is 46.7 Å². The Labute approximate surface area is 173 Å². The first kappa shape index (κ1) is 19.6. The molecule has 1 aliphatic heterocycles. The third-order valence-corrected chi connectivity index (χ3v) is 6.07. The number of halogens is 1. The number of rotatable bonds is 6. The summed E-state index contributed by atoms with van der Waals surface area (Å²) in [6.07, 6.45) is 2.73. The van der Waals surface area contributed by atoms with Crippen LogP contribution in [0.4, 0.5) is 4.39 Å². The van der Waals surface area contributed by atoms with E-state index in [0.717, 1.165) is 43.0 Å². The lowest BCUT2D eigenvalue weighted by Crippen LogP contribution is -2.34. The maximum atomic E-state index is 13.5. The molecule has 0 saturated carbocycles. The van der Waals surface area contributed by atoms with Crippen molar-refractivity contribution in [2.75, 3.05) is 13.1 Å². The van der Waals surface area contributed by atoms with Gasteiger partial charge in [-0.25, -0.2) is 4.39 Å². The van der Waals surface area contributed by atoms with Gasteiger partial charge in [0.15, 0.2) is 5.16 Å². The van der Waals surface area contributed by atoms with Crippen LogP contribution >= 0.6 is 11.8 Å². The van der Waals surface area contributed by atoms with E-state index in [-0.39, 0.29) is 17.0 Å². The third-order valence-electron chi connectivity index (χ3n) is 5.04. The Kier molecular flexibility index (Phi) is 5.94. The summed E-state index contributed by atoms with van der Waals surface area (Å²) in [5, 5.41) is 9.14. The summed E-state index contributed by atoms with van der Waals surface area (Å²) in [5.74, 6) is 0.593. The van der Waals surface area contributed by atoms with Crippen LogP contribution in [0.3, 0.4) is 0 Å². The van der Waals surface area contributed by atoms with Gasteiger partial charge in [-0.15, -0.1) is 10.2 Å². The Morgan fingerprint density at radius 2 is 1.76 bits per heavy atom. The van der Waals surface area contributed by atoms with E-state index in [2.05, 4.69) is 10.2 Å². The number of amides is 1. The average Bonchev–Trinajstić information content (AvgIpc) is 3.40. The average molecular weight is 411 g/mol. The number of aromatic nitrogens is 3. The third kappa shape index (κ3) is 4.50. The predicted octanol–water partition coefficient (Wildman–Crippen LogP) is 4.10. The zero-order valence-corrected chi connectivity index (χ0v) is 17.1. The Morgan fingerprint density at radius 3 is 2.45 bits per heavy atom. The quantitative estimate of drug-likeness (QED) is 0.574. The van der Waals surface area contributed by atoms with Crippen LogP contribution < -0.4 is 0 Å². The number of hydrogen-bond acceptors (Lipinski definition) is 4. The van der Waals surface area contributed by atoms with Crippen molar-refractivity contribution in [3.63, 3.8) is 0 Å². The highest BCUT2D eigenvalue weighted by Gasteiger charge is 2.26. The van der Waals surface area contributed by atoms with Crippen LogP contribution in [0.5, 0.6) is 0 Å². The minimum atomic E-state index is -0.293. The Balaban J connectivity index is 1.64. The number of carbonyl (C=O) groups is 1. The van der Waals surface area contributed by atoms with Gasteiger partial charge in [0.25, 0.3) is 0 Å². The highest BCUT2D eigenvalue weighted by Crippen LogP contribution is 2.28. The largest absolute Gasteiger partial charge is 0.342 e. The molecule has 29 heavy (non-hydrogen) atoms. The van der Waals surface area contributed by atoms with Crippen LogP contribution in [0.15, 0.2) is 59.8 Å². The summed E-state index contributed by atoms with van der Waals surface area (Å²) in [6.45, 7) is 3.56. The molecule has 1 aromatic heterocycles. The van der Waals surface area contributed by atoms with Crippen molar-refractivity contribution in [3.8, 4) is 5.69 Å². The predicted molar refractivity (Wildman–Crippen MR) is 112 cm³/mol. The van der Waals surface area contributed by atoms with Crippen molar-refractivity contribution >= 4 is 17.7 Å². The summed E-state index contributed by atoms with van der Waals surface area (Å²) in [4.78, 5) is 14.7. The molecule has 7 heteroatoms. The molecular formula is C22H23FN4OS. The van der Waals surface area contributed by atoms with Crippen molar-refractivity contribution < 1.29 is 9.18 Å². The lowest BCUT2D eigenvalue weighted by Gasteiger charge is -2.20. The monoisotopic (exact) mass is 410 g/mol. The standard InChI is InChI=1S/C22H23FN4OS/c1-16(21(28)26-13-5-6-14-26)29-22-25-24-20(15-17-7-3-2-4-8-17)27(22)19-11-9-18(23)10-12-19/h2-4,7-12,16H,5-6,13-15H2,1H3/t16-/m1/s1. The lowest BCUT2D eigenvalue weighted by molar-refractivity contribution is -0.129. The van der Waals surface area contributed by atoms with Gasteiger partial charge in [0.2, 0.25) is 5.91 Å². The van der Waals surface area contributed by atoms with E-state index in [9.17, 15) is 9.18 Å². The van der Waals surface area contributed by atoms with Crippen LogP contribution in [0.1, 0.15) is 31.2 Å². The molecule has 1 saturated heterocycles. The summed E-state index contributed by atoms with van der Waals surface area (Å²) in [5.41, 5.74) is 1.90. The second kappa shape index (κ2) is 8.78. The van der Waals surface area contributed by atoms with E-state index in [0.29, 0.717) is 11.6 Å². The number of hydrogen-bond donors (Lipinski definition) is 0. The molecule has 2 heterocycles. The maximum Gasteiger partial charge on any atom is 0.235 e. The molecule has 1 fully saturated rings. The number of nitrogens with zero attached hydrogens (tertiary/aromatic N) is 4. The highest BCUT2D eigenvalue weighted by molar-refractivity contribution is 8.00. The highest BCUT2D eigenvalue weighted by atomic mass is 32.2. The number of thioether (sulfide) groups is 1. The van der Waals surface area contributed by atoms with Crippen molar-refractivity contribution in [3.05, 3.63) is 71.8 Å². The molecule has 0 aliphatic carbocycles. The van der Waals surface area contributed by atoms with Gasteiger partial charge in [-0.1, -0.05) is 42.1 Å². The van der Waals surface area contributed by atoms with Gasteiger partial charge in [0.1, 0.15) is 11.6 Å². The van der Waals surface area contributed by atoms with Crippen molar-refractivity contribution in [2.45, 2.75) is 36.6 Å². The molecule has 0 unspecified atom stereocenters. The molecule has 3 aromatic rings.